The van der Waals surface area contributed by atoms with Crippen LogP contribution in [0, 0.1) is 40.4 Å². The molecular weight excluding hydrogens is 412 g/mol. The van der Waals surface area contributed by atoms with Crippen LogP contribution < -0.4 is 0 Å². The molecule has 0 heterocycles. The molecular formula is C29H44O4. The van der Waals surface area contributed by atoms with E-state index < -0.39 is 23.0 Å². The van der Waals surface area contributed by atoms with Crippen LogP contribution >= 0.6 is 0 Å². The van der Waals surface area contributed by atoms with E-state index in [4.69, 9.17) is 0 Å². The number of allylic oxidation sites excluding steroid dienone is 3. The lowest BCUT2D eigenvalue weighted by molar-refractivity contribution is -0.170. The highest BCUT2D eigenvalue weighted by Gasteiger charge is 2.64. The van der Waals surface area contributed by atoms with Gasteiger partial charge in [0.25, 0.3) is 0 Å². The summed E-state index contributed by atoms with van der Waals surface area (Å²) in [7, 11) is 0. The number of Topliss-reactive ketones (excluding diaryl/α,β-unsaturated/α-hetero) is 2. The molecule has 0 aromatic heterocycles. The van der Waals surface area contributed by atoms with Gasteiger partial charge in [-0.3, -0.25) is 9.59 Å². The third-order valence-electron chi connectivity index (χ3n) is 10.6. The lowest BCUT2D eigenvalue weighted by Crippen LogP contribution is -2.61. The van der Waals surface area contributed by atoms with Gasteiger partial charge in [-0.15, -0.1) is 0 Å². The topological polar surface area (TPSA) is 74.6 Å². The Morgan fingerprint density at radius 3 is 2.39 bits per heavy atom. The maximum atomic E-state index is 13.8. The van der Waals surface area contributed by atoms with Crippen molar-refractivity contribution in [3.05, 3.63) is 23.3 Å². The van der Waals surface area contributed by atoms with Gasteiger partial charge in [-0.05, 0) is 74.5 Å². The Morgan fingerprint density at radius 1 is 1.09 bits per heavy atom. The fourth-order valence-electron chi connectivity index (χ4n) is 8.36. The maximum Gasteiger partial charge on any atom is 0.160 e. The van der Waals surface area contributed by atoms with E-state index in [1.54, 1.807) is 6.92 Å². The van der Waals surface area contributed by atoms with Gasteiger partial charge in [0.05, 0.1) is 11.7 Å². The Kier molecular flexibility index (Phi) is 6.14. The molecule has 0 spiro atoms. The molecule has 4 aliphatic carbocycles. The van der Waals surface area contributed by atoms with Crippen molar-refractivity contribution in [3.8, 4) is 0 Å². The first-order valence-electron chi connectivity index (χ1n) is 13.1. The van der Waals surface area contributed by atoms with E-state index in [9.17, 15) is 19.8 Å². The monoisotopic (exact) mass is 456 g/mol. The smallest absolute Gasteiger partial charge is 0.160 e. The van der Waals surface area contributed by atoms with E-state index in [-0.39, 0.29) is 29.3 Å². The summed E-state index contributed by atoms with van der Waals surface area (Å²) < 4.78 is 0. The number of carbonyl (C=O) groups excluding carboxylic acids is 2. The van der Waals surface area contributed by atoms with Gasteiger partial charge in [0.2, 0.25) is 0 Å². The standard InChI is InChI=1S/C29H44O4/c1-16(2)17(3)8-9-18(4)19-10-11-20-25-21(30)14-23-27(5,13-12-24(32)29(23,7)33)26(25)22(31)15-28(19,20)6/h16,18-20,23-24,32-33H,3,8-15H2,1-2,4-7H3/t18-,19-,20+,23?,24+,27+,28-,29-/m1/s1. The highest BCUT2D eigenvalue weighted by Crippen LogP contribution is 2.65. The fraction of sp³-hybridized carbons (Fsp3) is 0.793. The number of hydrogen-bond acceptors (Lipinski definition) is 4. The molecule has 8 atom stereocenters. The van der Waals surface area contributed by atoms with Crippen LogP contribution in [-0.2, 0) is 9.59 Å². The van der Waals surface area contributed by atoms with Crippen LogP contribution in [-0.4, -0.2) is 33.5 Å². The first kappa shape index (κ1) is 24.9. The molecule has 4 heteroatoms. The molecule has 2 fully saturated rings. The summed E-state index contributed by atoms with van der Waals surface area (Å²) in [6, 6.07) is 0. The number of aliphatic hydroxyl groups excluding tert-OH is 1. The maximum absolute atomic E-state index is 13.8. The lowest BCUT2D eigenvalue weighted by atomic mass is 9.47. The Balaban J connectivity index is 1.68. The molecule has 0 radical (unpaired) electrons. The van der Waals surface area contributed by atoms with Gasteiger partial charge in [0.15, 0.2) is 11.6 Å². The molecule has 0 aromatic carbocycles. The summed E-state index contributed by atoms with van der Waals surface area (Å²) in [5.41, 5.74) is 0.723. The molecule has 2 saturated carbocycles. The van der Waals surface area contributed by atoms with Gasteiger partial charge in [-0.25, -0.2) is 0 Å². The molecule has 0 aromatic rings. The predicted molar refractivity (Wildman–Crippen MR) is 130 cm³/mol. The average molecular weight is 457 g/mol. The second-order valence-electron chi connectivity index (χ2n) is 12.8. The SMILES string of the molecule is C=C(CC[C@@H](C)[C@H]1CC[C@H]2C3=C(C(=O)C[C@]12C)[C@@]1(C)CC[C@H](O)[C@](C)(O)C1CC3=O)C(C)C. The average Bonchev–Trinajstić information content (AvgIpc) is 3.07. The predicted octanol–water partition coefficient (Wildman–Crippen LogP) is 5.42. The highest BCUT2D eigenvalue weighted by molar-refractivity contribution is 6.10. The summed E-state index contributed by atoms with van der Waals surface area (Å²) in [4.78, 5) is 27.4. The molecule has 0 bridgehead atoms. The first-order chi connectivity index (χ1) is 15.2. The molecule has 2 N–H and O–H groups in total. The third kappa shape index (κ3) is 3.62. The second-order valence-corrected chi connectivity index (χ2v) is 12.8. The Hall–Kier alpha value is -1.26. The minimum Gasteiger partial charge on any atom is -0.390 e. The van der Waals surface area contributed by atoms with Crippen LogP contribution in [0.4, 0.5) is 0 Å². The van der Waals surface area contributed by atoms with Crippen molar-refractivity contribution in [2.45, 2.75) is 105 Å². The number of rotatable bonds is 5. The Bertz CT molecular complexity index is 895. The molecule has 1 unspecified atom stereocenters. The van der Waals surface area contributed by atoms with E-state index in [0.29, 0.717) is 42.6 Å². The van der Waals surface area contributed by atoms with Crippen LogP contribution in [0.1, 0.15) is 92.9 Å². The normalized spacial score (nSPS) is 43.9. The molecule has 184 valence electrons. The van der Waals surface area contributed by atoms with E-state index in [1.807, 2.05) is 0 Å². The minimum atomic E-state index is -1.35. The molecule has 33 heavy (non-hydrogen) atoms. The zero-order valence-electron chi connectivity index (χ0n) is 21.5. The first-order valence-corrected chi connectivity index (χ1v) is 13.1. The number of carbonyl (C=O) groups is 2. The van der Waals surface area contributed by atoms with Gasteiger partial charge >= 0.3 is 0 Å². The molecule has 0 aliphatic heterocycles. The third-order valence-corrected chi connectivity index (χ3v) is 10.6. The van der Waals surface area contributed by atoms with Crippen LogP contribution in [0.2, 0.25) is 0 Å². The van der Waals surface area contributed by atoms with Crippen LogP contribution in [0.15, 0.2) is 23.3 Å². The van der Waals surface area contributed by atoms with Crippen molar-refractivity contribution >= 4 is 11.6 Å². The van der Waals surface area contributed by atoms with Crippen LogP contribution in [0.25, 0.3) is 0 Å². The van der Waals surface area contributed by atoms with Gasteiger partial charge in [0, 0.05) is 35.3 Å². The zero-order valence-corrected chi connectivity index (χ0v) is 21.5. The molecule has 4 rings (SSSR count). The van der Waals surface area contributed by atoms with Gasteiger partial charge in [-0.2, -0.15) is 0 Å². The van der Waals surface area contributed by atoms with E-state index in [0.717, 1.165) is 31.3 Å². The van der Waals surface area contributed by atoms with Gasteiger partial charge in [0.1, 0.15) is 0 Å². The quantitative estimate of drug-likeness (QED) is 0.542. The number of ketones is 2. The van der Waals surface area contributed by atoms with Crippen molar-refractivity contribution in [1.29, 1.82) is 0 Å². The molecule has 4 nitrogen and oxygen atoms in total. The summed E-state index contributed by atoms with van der Waals surface area (Å²) >= 11 is 0. The summed E-state index contributed by atoms with van der Waals surface area (Å²) in [6.45, 7) is 16.9. The van der Waals surface area contributed by atoms with Gasteiger partial charge < -0.3 is 10.2 Å². The number of aliphatic hydroxyl groups is 2. The molecule has 4 aliphatic rings. The Morgan fingerprint density at radius 2 is 1.76 bits per heavy atom. The summed E-state index contributed by atoms with van der Waals surface area (Å²) in [6.07, 6.45) is 5.11. The van der Waals surface area contributed by atoms with Crippen molar-refractivity contribution in [3.63, 3.8) is 0 Å². The second kappa shape index (κ2) is 8.16. The van der Waals surface area contributed by atoms with Crippen molar-refractivity contribution in [1.82, 2.24) is 0 Å². The Labute approximate surface area is 199 Å². The van der Waals surface area contributed by atoms with E-state index >= 15 is 0 Å². The number of fused-ring (bicyclic) bond motifs is 4. The van der Waals surface area contributed by atoms with E-state index in [1.165, 1.54) is 5.57 Å². The van der Waals surface area contributed by atoms with Gasteiger partial charge in [-0.1, -0.05) is 46.8 Å². The van der Waals surface area contributed by atoms with Crippen molar-refractivity contribution < 1.29 is 19.8 Å². The lowest BCUT2D eigenvalue weighted by Gasteiger charge is -2.57. The van der Waals surface area contributed by atoms with Crippen LogP contribution in [0.5, 0.6) is 0 Å². The van der Waals surface area contributed by atoms with Crippen molar-refractivity contribution in [2.24, 2.45) is 40.4 Å². The fourth-order valence-corrected chi connectivity index (χ4v) is 8.36. The molecule has 0 saturated heterocycles. The van der Waals surface area contributed by atoms with E-state index in [2.05, 4.69) is 41.2 Å². The van der Waals surface area contributed by atoms with Crippen LogP contribution in [0.3, 0.4) is 0 Å². The van der Waals surface area contributed by atoms with Crippen molar-refractivity contribution in [2.75, 3.05) is 0 Å². The largest absolute Gasteiger partial charge is 0.390 e. The number of hydrogen-bond donors (Lipinski definition) is 2. The molecule has 0 amide bonds. The highest BCUT2D eigenvalue weighted by atomic mass is 16.3. The summed E-state index contributed by atoms with van der Waals surface area (Å²) in [5.74, 6) is 1.27. The minimum absolute atomic E-state index is 0.0348. The zero-order chi connectivity index (χ0) is 24.5. The summed E-state index contributed by atoms with van der Waals surface area (Å²) in [5, 5.41) is 21.6.